The number of fused-ring (bicyclic) bond motifs is 1. The van der Waals surface area contributed by atoms with Crippen molar-refractivity contribution in [1.82, 2.24) is 19.9 Å². The highest BCUT2D eigenvalue weighted by atomic mass is 16.2. The quantitative estimate of drug-likeness (QED) is 0.702. The molecule has 1 amide bonds. The molecule has 3 rings (SSSR count). The van der Waals surface area contributed by atoms with Gasteiger partial charge in [0.1, 0.15) is 0 Å². The summed E-state index contributed by atoms with van der Waals surface area (Å²) in [6.45, 7) is 4.41. The molecule has 3 aromatic rings. The van der Waals surface area contributed by atoms with Crippen LogP contribution in [0, 0.1) is 6.92 Å². The third kappa shape index (κ3) is 3.21. The van der Waals surface area contributed by atoms with Crippen LogP contribution in [0.1, 0.15) is 28.5 Å². The number of nitrogens with zero attached hydrogens (tertiary/aromatic N) is 2. The van der Waals surface area contributed by atoms with Crippen LogP contribution < -0.4 is 16.4 Å². The van der Waals surface area contributed by atoms with Crippen molar-refractivity contribution in [3.63, 3.8) is 0 Å². The van der Waals surface area contributed by atoms with Gasteiger partial charge in [-0.25, -0.2) is 0 Å². The van der Waals surface area contributed by atoms with Gasteiger partial charge in [0.15, 0.2) is 0 Å². The number of benzene rings is 1. The standard InChI is InChI=1S/C18H18N4O3/c1-3-22-15-7-6-12(9-13(15)21-17(24)18(22)25)16(23)20-10-14-11(2)5-4-8-19-14/h4-9H,3,10H2,1-2H3,(H,20,23)(H,21,24). The molecule has 7 heteroatoms. The molecule has 0 spiro atoms. The molecule has 25 heavy (non-hydrogen) atoms. The summed E-state index contributed by atoms with van der Waals surface area (Å²) in [6, 6.07) is 8.64. The van der Waals surface area contributed by atoms with Gasteiger partial charge in [0.2, 0.25) is 0 Å². The van der Waals surface area contributed by atoms with E-state index in [1.54, 1.807) is 31.3 Å². The lowest BCUT2D eigenvalue weighted by Gasteiger charge is -2.10. The lowest BCUT2D eigenvalue weighted by molar-refractivity contribution is 0.0950. The predicted octanol–water partition coefficient (Wildman–Crippen LogP) is 1.34. The van der Waals surface area contributed by atoms with Crippen LogP contribution in [0.15, 0.2) is 46.1 Å². The van der Waals surface area contributed by atoms with Gasteiger partial charge in [-0.15, -0.1) is 0 Å². The van der Waals surface area contributed by atoms with E-state index >= 15 is 0 Å². The monoisotopic (exact) mass is 338 g/mol. The summed E-state index contributed by atoms with van der Waals surface area (Å²) >= 11 is 0. The second kappa shape index (κ2) is 6.72. The van der Waals surface area contributed by atoms with E-state index < -0.39 is 11.1 Å². The number of nitrogens with one attached hydrogen (secondary N) is 2. The molecule has 1 aromatic carbocycles. The number of hydrogen-bond acceptors (Lipinski definition) is 4. The van der Waals surface area contributed by atoms with Gasteiger partial charge < -0.3 is 14.9 Å². The van der Waals surface area contributed by atoms with Gasteiger partial charge in [0, 0.05) is 18.3 Å². The summed E-state index contributed by atoms with van der Waals surface area (Å²) in [5, 5.41) is 2.81. The largest absolute Gasteiger partial charge is 0.346 e. The molecule has 0 aliphatic carbocycles. The van der Waals surface area contributed by atoms with Crippen LogP contribution in [-0.4, -0.2) is 20.4 Å². The van der Waals surface area contributed by atoms with Gasteiger partial charge in [-0.2, -0.15) is 0 Å². The van der Waals surface area contributed by atoms with Crippen molar-refractivity contribution in [2.24, 2.45) is 0 Å². The third-order valence-electron chi connectivity index (χ3n) is 4.09. The van der Waals surface area contributed by atoms with Crippen LogP contribution in [0.25, 0.3) is 11.0 Å². The summed E-state index contributed by atoms with van der Waals surface area (Å²) in [7, 11) is 0. The molecule has 2 aromatic heterocycles. The molecule has 128 valence electrons. The van der Waals surface area contributed by atoms with E-state index in [0.717, 1.165) is 11.3 Å². The van der Waals surface area contributed by atoms with E-state index in [4.69, 9.17) is 0 Å². The highest BCUT2D eigenvalue weighted by Gasteiger charge is 2.11. The summed E-state index contributed by atoms with van der Waals surface area (Å²) in [5.74, 6) is -0.276. The maximum atomic E-state index is 12.4. The highest BCUT2D eigenvalue weighted by Crippen LogP contribution is 2.12. The van der Waals surface area contributed by atoms with Crippen LogP contribution >= 0.6 is 0 Å². The minimum Gasteiger partial charge on any atom is -0.346 e. The second-order valence-electron chi connectivity index (χ2n) is 5.69. The summed E-state index contributed by atoms with van der Waals surface area (Å²) in [6.07, 6.45) is 1.68. The van der Waals surface area contributed by atoms with E-state index in [0.29, 0.717) is 29.7 Å². The zero-order valence-electron chi connectivity index (χ0n) is 14.0. The SMILES string of the molecule is CCn1c(=O)c(=O)[nH]c2cc(C(=O)NCc3ncccc3C)ccc21. The van der Waals surface area contributed by atoms with Crippen LogP contribution in [0.3, 0.4) is 0 Å². The maximum absolute atomic E-state index is 12.4. The Morgan fingerprint density at radius 3 is 2.80 bits per heavy atom. The number of aromatic nitrogens is 3. The Morgan fingerprint density at radius 2 is 2.08 bits per heavy atom. The fourth-order valence-electron chi connectivity index (χ4n) is 2.70. The summed E-state index contributed by atoms with van der Waals surface area (Å²) in [5.41, 5.74) is 1.94. The van der Waals surface area contributed by atoms with Crippen molar-refractivity contribution in [3.8, 4) is 0 Å². The zero-order valence-corrected chi connectivity index (χ0v) is 14.0. The Bertz CT molecular complexity index is 1070. The molecule has 0 radical (unpaired) electrons. The zero-order chi connectivity index (χ0) is 18.0. The number of hydrogen-bond donors (Lipinski definition) is 2. The number of amides is 1. The van der Waals surface area contributed by atoms with E-state index in [1.165, 1.54) is 4.57 Å². The average molecular weight is 338 g/mol. The third-order valence-corrected chi connectivity index (χ3v) is 4.09. The molecular formula is C18H18N4O3. The van der Waals surface area contributed by atoms with Gasteiger partial charge in [0.25, 0.3) is 5.91 Å². The maximum Gasteiger partial charge on any atom is 0.316 e. The number of carbonyl (C=O) groups excluding carboxylic acids is 1. The van der Waals surface area contributed by atoms with E-state index in [1.807, 2.05) is 19.1 Å². The number of aryl methyl sites for hydroxylation is 2. The first-order valence-corrected chi connectivity index (χ1v) is 7.97. The Kier molecular flexibility index (Phi) is 4.47. The fraction of sp³-hybridized carbons (Fsp3) is 0.222. The van der Waals surface area contributed by atoms with Crippen molar-refractivity contribution in [3.05, 3.63) is 74.1 Å². The summed E-state index contributed by atoms with van der Waals surface area (Å²) < 4.78 is 1.38. The minimum absolute atomic E-state index is 0.276. The van der Waals surface area contributed by atoms with Crippen LogP contribution in [0.4, 0.5) is 0 Å². The van der Waals surface area contributed by atoms with Gasteiger partial charge >= 0.3 is 11.1 Å². The van der Waals surface area contributed by atoms with E-state index in [9.17, 15) is 14.4 Å². The number of H-pyrrole nitrogens is 1. The molecule has 0 unspecified atom stereocenters. The van der Waals surface area contributed by atoms with Crippen molar-refractivity contribution in [1.29, 1.82) is 0 Å². The normalized spacial score (nSPS) is 10.8. The number of aromatic amines is 1. The van der Waals surface area contributed by atoms with Gasteiger partial charge in [-0.1, -0.05) is 6.07 Å². The molecule has 0 atom stereocenters. The van der Waals surface area contributed by atoms with Crippen LogP contribution in [0.2, 0.25) is 0 Å². The number of rotatable bonds is 4. The first kappa shape index (κ1) is 16.6. The van der Waals surface area contributed by atoms with Gasteiger partial charge in [0.05, 0.1) is 23.3 Å². The Balaban J connectivity index is 1.90. The average Bonchev–Trinajstić information content (AvgIpc) is 2.61. The fourth-order valence-corrected chi connectivity index (χ4v) is 2.70. The van der Waals surface area contributed by atoms with Gasteiger partial charge in [-0.3, -0.25) is 19.4 Å². The molecule has 0 saturated heterocycles. The summed E-state index contributed by atoms with van der Waals surface area (Å²) in [4.78, 5) is 42.7. The molecule has 0 fully saturated rings. The van der Waals surface area contributed by atoms with Crippen molar-refractivity contribution in [2.45, 2.75) is 26.9 Å². The lowest BCUT2D eigenvalue weighted by Crippen LogP contribution is -2.36. The molecule has 2 N–H and O–H groups in total. The Morgan fingerprint density at radius 1 is 1.28 bits per heavy atom. The highest BCUT2D eigenvalue weighted by molar-refractivity contribution is 5.97. The number of carbonyl (C=O) groups is 1. The molecule has 0 aliphatic heterocycles. The van der Waals surface area contributed by atoms with Crippen molar-refractivity contribution >= 4 is 16.9 Å². The lowest BCUT2D eigenvalue weighted by atomic mass is 10.1. The van der Waals surface area contributed by atoms with E-state index in [2.05, 4.69) is 15.3 Å². The smallest absolute Gasteiger partial charge is 0.316 e. The molecule has 0 aliphatic rings. The Labute approximate surface area is 143 Å². The van der Waals surface area contributed by atoms with Crippen LogP contribution in [-0.2, 0) is 13.1 Å². The van der Waals surface area contributed by atoms with Crippen molar-refractivity contribution in [2.75, 3.05) is 0 Å². The Hall–Kier alpha value is -3.22. The molecule has 0 saturated carbocycles. The molecule has 2 heterocycles. The topological polar surface area (TPSA) is 96.9 Å². The second-order valence-corrected chi connectivity index (χ2v) is 5.69. The first-order valence-electron chi connectivity index (χ1n) is 7.97. The number of pyridine rings is 1. The van der Waals surface area contributed by atoms with E-state index in [-0.39, 0.29) is 5.91 Å². The molecule has 7 nitrogen and oxygen atoms in total. The van der Waals surface area contributed by atoms with Crippen LogP contribution in [0.5, 0.6) is 0 Å². The first-order chi connectivity index (χ1) is 12.0. The van der Waals surface area contributed by atoms with Crippen molar-refractivity contribution < 1.29 is 4.79 Å². The minimum atomic E-state index is -0.698. The molecular weight excluding hydrogens is 320 g/mol. The van der Waals surface area contributed by atoms with Gasteiger partial charge in [-0.05, 0) is 43.7 Å². The predicted molar refractivity (Wildman–Crippen MR) is 94.6 cm³/mol. The molecule has 0 bridgehead atoms.